The van der Waals surface area contributed by atoms with Gasteiger partial charge >= 0.3 is 0 Å². The van der Waals surface area contributed by atoms with E-state index in [1.165, 1.54) is 11.1 Å². The fraction of sp³-hybridized carbons (Fsp3) is 0.304. The summed E-state index contributed by atoms with van der Waals surface area (Å²) < 4.78 is 5.41. The Morgan fingerprint density at radius 3 is 2.79 bits per heavy atom. The number of hydrogen-bond acceptors (Lipinski definition) is 3. The van der Waals surface area contributed by atoms with Crippen LogP contribution in [0.2, 0.25) is 0 Å². The minimum Gasteiger partial charge on any atom is -0.496 e. The van der Waals surface area contributed by atoms with Crippen molar-refractivity contribution in [3.63, 3.8) is 0 Å². The van der Waals surface area contributed by atoms with Crippen molar-refractivity contribution in [2.75, 3.05) is 20.2 Å². The predicted octanol–water partition coefficient (Wildman–Crippen LogP) is 3.85. The third-order valence-corrected chi connectivity index (χ3v) is 4.67. The molecule has 3 rings (SSSR count). The number of aromatic nitrogens is 1. The van der Waals surface area contributed by atoms with Crippen molar-refractivity contribution >= 4 is 16.9 Å². The summed E-state index contributed by atoms with van der Waals surface area (Å²) in [6.07, 6.45) is 2.75. The SMILES string of the molecule is CCNC(=NCc1ccnc2ccccc12)NCCc1ccc(C)c(OC)c1. The van der Waals surface area contributed by atoms with Crippen LogP contribution in [0.3, 0.4) is 0 Å². The minimum absolute atomic E-state index is 0.608. The van der Waals surface area contributed by atoms with E-state index in [1.54, 1.807) is 7.11 Å². The van der Waals surface area contributed by atoms with Gasteiger partial charge in [-0.2, -0.15) is 0 Å². The Bertz CT molecular complexity index is 947. The van der Waals surface area contributed by atoms with Crippen molar-refractivity contribution in [3.8, 4) is 5.75 Å². The zero-order valence-electron chi connectivity index (χ0n) is 16.8. The van der Waals surface area contributed by atoms with Crippen LogP contribution in [0.5, 0.6) is 5.75 Å². The van der Waals surface area contributed by atoms with Crippen LogP contribution >= 0.6 is 0 Å². The van der Waals surface area contributed by atoms with Crippen LogP contribution in [0.4, 0.5) is 0 Å². The molecule has 0 saturated carbocycles. The zero-order valence-corrected chi connectivity index (χ0v) is 16.8. The van der Waals surface area contributed by atoms with Gasteiger partial charge in [-0.1, -0.05) is 30.3 Å². The Morgan fingerprint density at radius 2 is 1.96 bits per heavy atom. The quantitative estimate of drug-likeness (QED) is 0.486. The molecule has 0 fully saturated rings. The summed E-state index contributed by atoms with van der Waals surface area (Å²) in [7, 11) is 1.71. The average molecular weight is 377 g/mol. The van der Waals surface area contributed by atoms with Gasteiger partial charge < -0.3 is 15.4 Å². The molecule has 146 valence electrons. The van der Waals surface area contributed by atoms with Crippen molar-refractivity contribution in [2.45, 2.75) is 26.8 Å². The first kappa shape index (κ1) is 19.7. The van der Waals surface area contributed by atoms with Crippen molar-refractivity contribution in [1.29, 1.82) is 0 Å². The van der Waals surface area contributed by atoms with E-state index in [0.29, 0.717) is 6.54 Å². The van der Waals surface area contributed by atoms with Crippen LogP contribution in [-0.4, -0.2) is 31.1 Å². The van der Waals surface area contributed by atoms with Crippen LogP contribution in [0, 0.1) is 6.92 Å². The predicted molar refractivity (Wildman–Crippen MR) is 116 cm³/mol. The second-order valence-corrected chi connectivity index (χ2v) is 6.66. The van der Waals surface area contributed by atoms with Crippen molar-refractivity contribution in [2.24, 2.45) is 4.99 Å². The number of nitrogens with zero attached hydrogens (tertiary/aromatic N) is 2. The number of pyridine rings is 1. The molecule has 0 amide bonds. The summed E-state index contributed by atoms with van der Waals surface area (Å²) in [5, 5.41) is 7.89. The number of benzene rings is 2. The van der Waals surface area contributed by atoms with E-state index in [-0.39, 0.29) is 0 Å². The van der Waals surface area contributed by atoms with E-state index in [0.717, 1.165) is 47.7 Å². The molecule has 5 heteroatoms. The number of methoxy groups -OCH3 is 1. The van der Waals surface area contributed by atoms with Crippen molar-refractivity contribution in [3.05, 3.63) is 71.4 Å². The molecule has 0 aliphatic heterocycles. The van der Waals surface area contributed by atoms with E-state index in [4.69, 9.17) is 9.73 Å². The number of fused-ring (bicyclic) bond motifs is 1. The smallest absolute Gasteiger partial charge is 0.191 e. The highest BCUT2D eigenvalue weighted by Crippen LogP contribution is 2.19. The summed E-state index contributed by atoms with van der Waals surface area (Å²) in [6, 6.07) is 16.6. The number of nitrogens with one attached hydrogen (secondary N) is 2. The molecule has 2 N–H and O–H groups in total. The molecule has 0 atom stereocenters. The number of para-hydroxylation sites is 1. The van der Waals surface area contributed by atoms with E-state index < -0.39 is 0 Å². The maximum atomic E-state index is 5.41. The lowest BCUT2D eigenvalue weighted by molar-refractivity contribution is 0.411. The fourth-order valence-electron chi connectivity index (χ4n) is 3.14. The first-order chi connectivity index (χ1) is 13.7. The monoisotopic (exact) mass is 376 g/mol. The van der Waals surface area contributed by atoms with Gasteiger partial charge in [-0.25, -0.2) is 4.99 Å². The highest BCUT2D eigenvalue weighted by molar-refractivity contribution is 5.83. The van der Waals surface area contributed by atoms with Gasteiger partial charge in [-0.3, -0.25) is 4.98 Å². The average Bonchev–Trinajstić information content (AvgIpc) is 2.73. The Morgan fingerprint density at radius 1 is 1.11 bits per heavy atom. The van der Waals surface area contributed by atoms with Gasteiger partial charge in [0.1, 0.15) is 5.75 Å². The molecular weight excluding hydrogens is 348 g/mol. The van der Waals surface area contributed by atoms with E-state index in [1.807, 2.05) is 30.5 Å². The zero-order chi connectivity index (χ0) is 19.8. The molecule has 0 bridgehead atoms. The normalized spacial score (nSPS) is 11.5. The molecule has 0 saturated heterocycles. The lowest BCUT2D eigenvalue weighted by Crippen LogP contribution is -2.38. The van der Waals surface area contributed by atoms with Gasteiger partial charge in [0.2, 0.25) is 0 Å². The molecule has 1 heterocycles. The number of ether oxygens (including phenoxy) is 1. The Labute approximate surface area is 166 Å². The molecule has 0 radical (unpaired) electrons. The highest BCUT2D eigenvalue weighted by Gasteiger charge is 2.04. The molecule has 3 aromatic rings. The minimum atomic E-state index is 0.608. The molecule has 0 unspecified atom stereocenters. The molecule has 5 nitrogen and oxygen atoms in total. The van der Waals surface area contributed by atoms with Crippen LogP contribution in [0.25, 0.3) is 10.9 Å². The van der Waals surface area contributed by atoms with Gasteiger partial charge in [0, 0.05) is 24.7 Å². The first-order valence-corrected chi connectivity index (χ1v) is 9.69. The van der Waals surface area contributed by atoms with E-state index in [9.17, 15) is 0 Å². The standard InChI is InChI=1S/C23H28N4O/c1-4-24-23(26-13-11-18-10-9-17(2)22(15-18)28-3)27-16-19-12-14-25-21-8-6-5-7-20(19)21/h5-10,12,14-15H,4,11,13,16H2,1-3H3,(H2,24,26,27). The van der Waals surface area contributed by atoms with Gasteiger partial charge in [0.05, 0.1) is 19.2 Å². The molecule has 28 heavy (non-hydrogen) atoms. The molecule has 0 aliphatic carbocycles. The van der Waals surface area contributed by atoms with Gasteiger partial charge in [0.25, 0.3) is 0 Å². The number of rotatable bonds is 7. The molecule has 2 aromatic carbocycles. The van der Waals surface area contributed by atoms with Crippen LogP contribution < -0.4 is 15.4 Å². The largest absolute Gasteiger partial charge is 0.496 e. The Hall–Kier alpha value is -3.08. The van der Waals surface area contributed by atoms with Gasteiger partial charge in [-0.15, -0.1) is 0 Å². The highest BCUT2D eigenvalue weighted by atomic mass is 16.5. The lowest BCUT2D eigenvalue weighted by atomic mass is 10.1. The molecular formula is C23H28N4O. The number of aryl methyl sites for hydroxylation is 1. The van der Waals surface area contributed by atoms with Gasteiger partial charge in [-0.05, 0) is 55.2 Å². The number of hydrogen-bond donors (Lipinski definition) is 2. The first-order valence-electron chi connectivity index (χ1n) is 9.69. The van der Waals surface area contributed by atoms with Crippen LogP contribution in [-0.2, 0) is 13.0 Å². The van der Waals surface area contributed by atoms with Crippen molar-refractivity contribution in [1.82, 2.24) is 15.6 Å². The van der Waals surface area contributed by atoms with Crippen molar-refractivity contribution < 1.29 is 4.74 Å². The summed E-state index contributed by atoms with van der Waals surface area (Å²) in [5.41, 5.74) is 4.57. The summed E-state index contributed by atoms with van der Waals surface area (Å²) in [5.74, 6) is 1.75. The topological polar surface area (TPSA) is 58.5 Å². The third-order valence-electron chi connectivity index (χ3n) is 4.67. The maximum absolute atomic E-state index is 5.41. The molecule has 0 aliphatic rings. The lowest BCUT2D eigenvalue weighted by Gasteiger charge is -2.12. The summed E-state index contributed by atoms with van der Waals surface area (Å²) in [4.78, 5) is 9.17. The van der Waals surface area contributed by atoms with Crippen LogP contribution in [0.15, 0.2) is 59.7 Å². The Kier molecular flexibility index (Phi) is 6.84. The Balaban J connectivity index is 1.64. The second-order valence-electron chi connectivity index (χ2n) is 6.66. The van der Waals surface area contributed by atoms with Crippen LogP contribution in [0.1, 0.15) is 23.6 Å². The maximum Gasteiger partial charge on any atom is 0.191 e. The number of aliphatic imine (C=N–C) groups is 1. The van der Waals surface area contributed by atoms with E-state index in [2.05, 4.69) is 53.7 Å². The summed E-state index contributed by atoms with van der Waals surface area (Å²) in [6.45, 7) is 6.36. The van der Waals surface area contributed by atoms with Gasteiger partial charge in [0.15, 0.2) is 5.96 Å². The molecule has 0 spiro atoms. The fourth-order valence-corrected chi connectivity index (χ4v) is 3.14. The third kappa shape index (κ3) is 5.00. The van der Waals surface area contributed by atoms with E-state index >= 15 is 0 Å². The molecule has 1 aromatic heterocycles. The summed E-state index contributed by atoms with van der Waals surface area (Å²) >= 11 is 0. The number of guanidine groups is 1. The second kappa shape index (κ2) is 9.74.